The highest BCUT2D eigenvalue weighted by Crippen LogP contribution is 2.26. The first kappa shape index (κ1) is 10.7. The van der Waals surface area contributed by atoms with Gasteiger partial charge in [0, 0.05) is 17.8 Å². The summed E-state index contributed by atoms with van der Waals surface area (Å²) >= 11 is 0. The molecule has 0 saturated heterocycles. The highest BCUT2D eigenvalue weighted by molar-refractivity contribution is 5.29. The van der Waals surface area contributed by atoms with E-state index >= 15 is 0 Å². The summed E-state index contributed by atoms with van der Waals surface area (Å²) < 4.78 is 5.65. The van der Waals surface area contributed by atoms with E-state index in [1.54, 1.807) is 12.4 Å². The molecule has 1 aliphatic rings. The minimum Gasteiger partial charge on any atom is -0.493 e. The SMILES string of the molecule is C=CC1=C(C=C)OCC(Cc2cnc[nH]2)C1. The maximum Gasteiger partial charge on any atom is 0.121 e. The van der Waals surface area contributed by atoms with Gasteiger partial charge >= 0.3 is 0 Å². The van der Waals surface area contributed by atoms with Gasteiger partial charge in [-0.25, -0.2) is 4.98 Å². The van der Waals surface area contributed by atoms with Crippen molar-refractivity contribution in [3.63, 3.8) is 0 Å². The van der Waals surface area contributed by atoms with Crippen LogP contribution in [0.2, 0.25) is 0 Å². The maximum atomic E-state index is 5.65. The van der Waals surface area contributed by atoms with Crippen LogP contribution in [0.15, 0.2) is 49.2 Å². The van der Waals surface area contributed by atoms with E-state index in [0.717, 1.165) is 36.5 Å². The molecule has 0 aromatic carbocycles. The van der Waals surface area contributed by atoms with Crippen molar-refractivity contribution in [1.29, 1.82) is 0 Å². The maximum absolute atomic E-state index is 5.65. The molecule has 1 aliphatic heterocycles. The number of aromatic amines is 1. The molecule has 1 N–H and O–H groups in total. The van der Waals surface area contributed by atoms with Crippen LogP contribution in [0, 0.1) is 5.92 Å². The van der Waals surface area contributed by atoms with Crippen molar-refractivity contribution in [2.75, 3.05) is 6.61 Å². The van der Waals surface area contributed by atoms with Crippen LogP contribution in [0.4, 0.5) is 0 Å². The van der Waals surface area contributed by atoms with Crippen LogP contribution < -0.4 is 0 Å². The number of imidazole rings is 1. The summed E-state index contributed by atoms with van der Waals surface area (Å²) in [6.45, 7) is 8.28. The summed E-state index contributed by atoms with van der Waals surface area (Å²) in [5, 5.41) is 0. The fourth-order valence-electron chi connectivity index (χ4n) is 1.98. The first-order chi connectivity index (χ1) is 7.83. The average molecular weight is 216 g/mol. The predicted molar refractivity (Wildman–Crippen MR) is 63.8 cm³/mol. The molecule has 0 amide bonds. The number of nitrogens with one attached hydrogen (secondary N) is 1. The lowest BCUT2D eigenvalue weighted by atomic mass is 9.93. The summed E-state index contributed by atoms with van der Waals surface area (Å²) in [7, 11) is 0. The molecule has 3 nitrogen and oxygen atoms in total. The van der Waals surface area contributed by atoms with Gasteiger partial charge in [-0.15, -0.1) is 0 Å². The lowest BCUT2D eigenvalue weighted by molar-refractivity contribution is 0.151. The first-order valence-corrected chi connectivity index (χ1v) is 5.41. The quantitative estimate of drug-likeness (QED) is 0.840. The van der Waals surface area contributed by atoms with Crippen molar-refractivity contribution < 1.29 is 4.74 Å². The predicted octanol–water partition coefficient (Wildman–Crippen LogP) is 2.61. The van der Waals surface area contributed by atoms with Crippen molar-refractivity contribution in [3.8, 4) is 0 Å². The van der Waals surface area contributed by atoms with Gasteiger partial charge in [0.1, 0.15) is 5.76 Å². The van der Waals surface area contributed by atoms with Gasteiger partial charge in [0.15, 0.2) is 0 Å². The van der Waals surface area contributed by atoms with Crippen molar-refractivity contribution in [2.45, 2.75) is 12.8 Å². The van der Waals surface area contributed by atoms with Gasteiger partial charge in [0.25, 0.3) is 0 Å². The van der Waals surface area contributed by atoms with E-state index in [0.29, 0.717) is 5.92 Å². The lowest BCUT2D eigenvalue weighted by Crippen LogP contribution is -2.18. The molecule has 1 aromatic heterocycles. The van der Waals surface area contributed by atoms with Crippen LogP contribution in [0.5, 0.6) is 0 Å². The Labute approximate surface area is 95.5 Å². The number of H-pyrrole nitrogens is 1. The van der Waals surface area contributed by atoms with Crippen LogP contribution in [-0.4, -0.2) is 16.6 Å². The van der Waals surface area contributed by atoms with E-state index in [1.165, 1.54) is 0 Å². The number of nitrogens with zero attached hydrogens (tertiary/aromatic N) is 1. The molecule has 0 fully saturated rings. The molecule has 1 unspecified atom stereocenters. The Kier molecular flexibility index (Phi) is 3.25. The topological polar surface area (TPSA) is 37.9 Å². The first-order valence-electron chi connectivity index (χ1n) is 5.41. The van der Waals surface area contributed by atoms with Crippen LogP contribution in [0.25, 0.3) is 0 Å². The van der Waals surface area contributed by atoms with E-state index in [2.05, 4.69) is 23.1 Å². The molecular formula is C13H16N2O. The molecule has 2 rings (SSSR count). The molecule has 84 valence electrons. The highest BCUT2D eigenvalue weighted by atomic mass is 16.5. The van der Waals surface area contributed by atoms with Gasteiger partial charge in [-0.2, -0.15) is 0 Å². The summed E-state index contributed by atoms with van der Waals surface area (Å²) in [4.78, 5) is 7.13. The molecule has 2 heterocycles. The number of hydrogen-bond donors (Lipinski definition) is 1. The fraction of sp³-hybridized carbons (Fsp3) is 0.308. The molecule has 0 aliphatic carbocycles. The Hall–Kier alpha value is -1.77. The van der Waals surface area contributed by atoms with E-state index in [1.807, 2.05) is 12.3 Å². The van der Waals surface area contributed by atoms with E-state index in [-0.39, 0.29) is 0 Å². The Morgan fingerprint density at radius 2 is 2.38 bits per heavy atom. The summed E-state index contributed by atoms with van der Waals surface area (Å²) in [6.07, 6.45) is 9.13. The smallest absolute Gasteiger partial charge is 0.121 e. The zero-order chi connectivity index (χ0) is 11.4. The molecule has 0 radical (unpaired) electrons. The number of hydrogen-bond acceptors (Lipinski definition) is 2. The van der Waals surface area contributed by atoms with Gasteiger partial charge < -0.3 is 9.72 Å². The van der Waals surface area contributed by atoms with Gasteiger partial charge in [-0.1, -0.05) is 19.2 Å². The third kappa shape index (κ3) is 2.24. The molecule has 1 aromatic rings. The van der Waals surface area contributed by atoms with Gasteiger partial charge in [0.2, 0.25) is 0 Å². The standard InChI is InChI=1S/C13H16N2O/c1-3-11-5-10(8-16-13(11)4-2)6-12-7-14-9-15-12/h3-4,7,9-10H,1-2,5-6,8H2,(H,14,15). The van der Waals surface area contributed by atoms with Crippen LogP contribution in [0.3, 0.4) is 0 Å². The summed E-state index contributed by atoms with van der Waals surface area (Å²) in [5.41, 5.74) is 2.30. The Morgan fingerprint density at radius 1 is 1.50 bits per heavy atom. The van der Waals surface area contributed by atoms with Crippen molar-refractivity contribution in [3.05, 3.63) is 54.9 Å². The monoisotopic (exact) mass is 216 g/mol. The molecule has 0 spiro atoms. The molecular weight excluding hydrogens is 200 g/mol. The Bertz CT molecular complexity index is 404. The van der Waals surface area contributed by atoms with E-state index < -0.39 is 0 Å². The molecule has 0 saturated carbocycles. The van der Waals surface area contributed by atoms with Gasteiger partial charge in [-0.3, -0.25) is 0 Å². The average Bonchev–Trinajstić information content (AvgIpc) is 2.81. The normalized spacial score (nSPS) is 20.4. The van der Waals surface area contributed by atoms with Crippen molar-refractivity contribution in [2.24, 2.45) is 5.92 Å². The van der Waals surface area contributed by atoms with Crippen LogP contribution in [-0.2, 0) is 11.2 Å². The Balaban J connectivity index is 2.04. The molecule has 1 atom stereocenters. The molecule has 3 heteroatoms. The van der Waals surface area contributed by atoms with Gasteiger partial charge in [0.05, 0.1) is 12.9 Å². The largest absolute Gasteiger partial charge is 0.493 e. The Morgan fingerprint density at radius 3 is 3.00 bits per heavy atom. The third-order valence-electron chi connectivity index (χ3n) is 2.79. The van der Waals surface area contributed by atoms with Crippen LogP contribution in [0.1, 0.15) is 12.1 Å². The second-order valence-electron chi connectivity index (χ2n) is 3.96. The fourth-order valence-corrected chi connectivity index (χ4v) is 1.98. The number of ether oxygens (including phenoxy) is 1. The highest BCUT2D eigenvalue weighted by Gasteiger charge is 2.20. The third-order valence-corrected chi connectivity index (χ3v) is 2.79. The lowest BCUT2D eigenvalue weighted by Gasteiger charge is -2.25. The zero-order valence-electron chi connectivity index (χ0n) is 9.28. The molecule has 0 bridgehead atoms. The number of allylic oxidation sites excluding steroid dienone is 3. The second kappa shape index (κ2) is 4.84. The van der Waals surface area contributed by atoms with E-state index in [9.17, 15) is 0 Å². The van der Waals surface area contributed by atoms with Gasteiger partial charge in [-0.05, 0) is 24.5 Å². The minimum absolute atomic E-state index is 0.483. The van der Waals surface area contributed by atoms with E-state index in [4.69, 9.17) is 4.74 Å². The second-order valence-corrected chi connectivity index (χ2v) is 3.96. The summed E-state index contributed by atoms with van der Waals surface area (Å²) in [6, 6.07) is 0. The minimum atomic E-state index is 0.483. The van der Waals surface area contributed by atoms with Crippen LogP contribution >= 0.6 is 0 Å². The van der Waals surface area contributed by atoms with Crippen molar-refractivity contribution in [1.82, 2.24) is 9.97 Å². The molecule has 16 heavy (non-hydrogen) atoms. The summed E-state index contributed by atoms with van der Waals surface area (Å²) in [5.74, 6) is 1.35. The van der Waals surface area contributed by atoms with Crippen molar-refractivity contribution >= 4 is 0 Å². The number of aromatic nitrogens is 2. The zero-order valence-corrected chi connectivity index (χ0v) is 9.28. The number of rotatable bonds is 4.